The maximum Gasteiger partial charge on any atom is 0.261 e. The molecule has 7 nitrogen and oxygen atoms in total. The van der Waals surface area contributed by atoms with Crippen molar-refractivity contribution in [3.63, 3.8) is 0 Å². The molecule has 0 amide bonds. The second-order valence-electron chi connectivity index (χ2n) is 6.62. The predicted molar refractivity (Wildman–Crippen MR) is 103 cm³/mol. The lowest BCUT2D eigenvalue weighted by molar-refractivity contribution is -0.0315. The molecule has 0 aliphatic heterocycles. The van der Waals surface area contributed by atoms with Crippen molar-refractivity contribution in [2.24, 2.45) is 0 Å². The highest BCUT2D eigenvalue weighted by atomic mass is 16.7. The first-order chi connectivity index (χ1) is 12.6. The minimum Gasteiger partial charge on any atom is -0.502 e. The smallest absolute Gasteiger partial charge is 0.261 e. The molecule has 1 aromatic heterocycles. The Morgan fingerprint density at radius 1 is 0.885 bits per heavy atom. The Kier molecular flexibility index (Phi) is 11.7. The number of anilines is 1. The van der Waals surface area contributed by atoms with E-state index >= 15 is 0 Å². The average Bonchev–Trinajstić information content (AvgIpc) is 2.63. The summed E-state index contributed by atoms with van der Waals surface area (Å²) in [5, 5.41) is 10.2. The van der Waals surface area contributed by atoms with Crippen LogP contribution in [0.2, 0.25) is 0 Å². The average molecular weight is 370 g/mol. The predicted octanol–water partition coefficient (Wildman–Crippen LogP) is 3.54. The topological polar surface area (TPSA) is 76.9 Å². The first-order valence-corrected chi connectivity index (χ1v) is 9.48. The zero-order chi connectivity index (χ0) is 19.2. The molecule has 0 aliphatic carbocycles. The van der Waals surface area contributed by atoms with E-state index in [9.17, 15) is 5.11 Å². The van der Waals surface area contributed by atoms with Crippen LogP contribution in [0.5, 0.6) is 11.6 Å². The Bertz CT molecular complexity index is 498. The van der Waals surface area contributed by atoms with Crippen LogP contribution in [0, 0.1) is 0 Å². The molecule has 0 unspecified atom stereocenters. The molecule has 0 fully saturated rings. The maximum absolute atomic E-state index is 10.2. The van der Waals surface area contributed by atoms with E-state index in [-0.39, 0.29) is 11.6 Å². The van der Waals surface area contributed by atoms with Crippen LogP contribution in [0.1, 0.15) is 57.1 Å². The van der Waals surface area contributed by atoms with Gasteiger partial charge in [0.25, 0.3) is 5.88 Å². The third kappa shape index (κ3) is 8.67. The summed E-state index contributed by atoms with van der Waals surface area (Å²) in [5.74, 6) is 0.867. The number of aromatic nitrogens is 2. The van der Waals surface area contributed by atoms with E-state index in [1.54, 1.807) is 7.11 Å². The molecule has 150 valence electrons. The minimum atomic E-state index is 0.0637. The van der Waals surface area contributed by atoms with Gasteiger partial charge < -0.3 is 24.2 Å². The van der Waals surface area contributed by atoms with Crippen molar-refractivity contribution in [3.8, 4) is 11.6 Å². The van der Waals surface area contributed by atoms with Gasteiger partial charge in [0.2, 0.25) is 11.7 Å². The van der Waals surface area contributed by atoms with E-state index < -0.39 is 0 Å². The first kappa shape index (κ1) is 22.4. The summed E-state index contributed by atoms with van der Waals surface area (Å²) < 4.78 is 15.3. The number of rotatable bonds is 15. The lowest BCUT2D eigenvalue weighted by Gasteiger charge is -2.14. The van der Waals surface area contributed by atoms with Crippen molar-refractivity contribution in [2.45, 2.75) is 57.8 Å². The second-order valence-corrected chi connectivity index (χ2v) is 6.62. The van der Waals surface area contributed by atoms with Gasteiger partial charge in [-0.3, -0.25) is 0 Å². The molecule has 0 saturated heterocycles. The Balaban J connectivity index is 2.17. The molecule has 1 heterocycles. The third-order valence-corrected chi connectivity index (χ3v) is 4.16. The Morgan fingerprint density at radius 3 is 2.08 bits per heavy atom. The zero-order valence-corrected chi connectivity index (χ0v) is 16.8. The number of unbranched alkanes of at least 4 members (excludes halogenated alkanes) is 7. The number of nitrogens with zero attached hydrogens (tertiary/aromatic N) is 3. The molecule has 1 rings (SSSR count). The molecule has 0 bridgehead atoms. The second kappa shape index (κ2) is 13.6. The van der Waals surface area contributed by atoms with E-state index in [0.717, 1.165) is 32.3 Å². The highest BCUT2D eigenvalue weighted by Gasteiger charge is 2.14. The van der Waals surface area contributed by atoms with Gasteiger partial charge in [-0.05, 0) is 19.3 Å². The Labute approximate surface area is 157 Å². The van der Waals surface area contributed by atoms with Crippen molar-refractivity contribution in [2.75, 3.05) is 46.6 Å². The zero-order valence-electron chi connectivity index (χ0n) is 16.8. The van der Waals surface area contributed by atoms with E-state index in [1.807, 2.05) is 19.0 Å². The number of aromatic hydroxyl groups is 1. The lowest BCUT2D eigenvalue weighted by atomic mass is 10.1. The highest BCUT2D eigenvalue weighted by molar-refractivity contribution is 5.43. The molecule has 1 aromatic rings. The van der Waals surface area contributed by atoms with Gasteiger partial charge in [0, 0.05) is 27.8 Å². The standard InChI is InChI=1S/C19H35N3O4/c1-22(2)19-20-16(17(23)18(21-19)25-4)13-11-9-7-5-6-8-10-12-14-26-15-24-3/h23H,5-15H2,1-4H3. The summed E-state index contributed by atoms with van der Waals surface area (Å²) in [5.41, 5.74) is 0.664. The van der Waals surface area contributed by atoms with Gasteiger partial charge in [0.1, 0.15) is 6.79 Å². The number of ether oxygens (including phenoxy) is 3. The van der Waals surface area contributed by atoms with Crippen molar-refractivity contribution >= 4 is 5.95 Å². The van der Waals surface area contributed by atoms with Gasteiger partial charge in [0.05, 0.1) is 12.8 Å². The monoisotopic (exact) mass is 369 g/mol. The number of hydrogen-bond acceptors (Lipinski definition) is 7. The molecular formula is C19H35N3O4. The maximum atomic E-state index is 10.2. The summed E-state index contributed by atoms with van der Waals surface area (Å²) in [7, 11) is 6.90. The molecule has 0 aromatic carbocycles. The third-order valence-electron chi connectivity index (χ3n) is 4.16. The Morgan fingerprint density at radius 2 is 1.50 bits per heavy atom. The van der Waals surface area contributed by atoms with Crippen LogP contribution in [0.25, 0.3) is 0 Å². The molecule has 7 heteroatoms. The van der Waals surface area contributed by atoms with Crippen molar-refractivity contribution in [3.05, 3.63) is 5.69 Å². The van der Waals surface area contributed by atoms with Crippen LogP contribution in [-0.2, 0) is 15.9 Å². The van der Waals surface area contributed by atoms with Gasteiger partial charge in [0.15, 0.2) is 0 Å². The fraction of sp³-hybridized carbons (Fsp3) is 0.789. The normalized spacial score (nSPS) is 10.9. The minimum absolute atomic E-state index is 0.0637. The summed E-state index contributed by atoms with van der Waals surface area (Å²) in [6.45, 7) is 1.18. The van der Waals surface area contributed by atoms with Gasteiger partial charge in [-0.1, -0.05) is 38.5 Å². The van der Waals surface area contributed by atoms with Crippen LogP contribution in [0.15, 0.2) is 0 Å². The van der Waals surface area contributed by atoms with Crippen molar-refractivity contribution in [1.29, 1.82) is 0 Å². The molecule has 0 aliphatic rings. The van der Waals surface area contributed by atoms with Crippen molar-refractivity contribution < 1.29 is 19.3 Å². The molecule has 0 saturated carbocycles. The van der Waals surface area contributed by atoms with Gasteiger partial charge in [-0.2, -0.15) is 4.98 Å². The van der Waals surface area contributed by atoms with Gasteiger partial charge >= 0.3 is 0 Å². The van der Waals surface area contributed by atoms with Crippen LogP contribution in [0.3, 0.4) is 0 Å². The molecule has 1 N–H and O–H groups in total. The van der Waals surface area contributed by atoms with E-state index in [1.165, 1.54) is 39.2 Å². The summed E-state index contributed by atoms with van der Waals surface area (Å²) in [6, 6.07) is 0. The van der Waals surface area contributed by atoms with E-state index in [2.05, 4.69) is 9.97 Å². The summed E-state index contributed by atoms with van der Waals surface area (Å²) in [4.78, 5) is 10.4. The van der Waals surface area contributed by atoms with E-state index in [0.29, 0.717) is 18.4 Å². The molecule has 0 atom stereocenters. The van der Waals surface area contributed by atoms with Crippen molar-refractivity contribution in [1.82, 2.24) is 9.97 Å². The highest BCUT2D eigenvalue weighted by Crippen LogP contribution is 2.29. The fourth-order valence-electron chi connectivity index (χ4n) is 2.68. The molecule has 0 spiro atoms. The van der Waals surface area contributed by atoms with Gasteiger partial charge in [-0.15, -0.1) is 0 Å². The van der Waals surface area contributed by atoms with Crippen LogP contribution in [-0.4, -0.2) is 56.8 Å². The van der Waals surface area contributed by atoms with Crippen LogP contribution < -0.4 is 9.64 Å². The van der Waals surface area contributed by atoms with Crippen LogP contribution >= 0.6 is 0 Å². The van der Waals surface area contributed by atoms with Crippen LogP contribution in [0.4, 0.5) is 5.95 Å². The fourth-order valence-corrected chi connectivity index (χ4v) is 2.68. The first-order valence-electron chi connectivity index (χ1n) is 9.48. The summed E-state index contributed by atoms with van der Waals surface area (Å²) in [6.07, 6.45) is 10.2. The van der Waals surface area contributed by atoms with E-state index in [4.69, 9.17) is 14.2 Å². The lowest BCUT2D eigenvalue weighted by Crippen LogP contribution is -2.14. The number of aryl methyl sites for hydroxylation is 1. The molecule has 0 radical (unpaired) electrons. The van der Waals surface area contributed by atoms with Gasteiger partial charge in [-0.25, -0.2) is 4.98 Å². The number of methoxy groups -OCH3 is 2. The SMILES string of the molecule is COCOCCCCCCCCCCc1nc(N(C)C)nc(OC)c1O. The largest absolute Gasteiger partial charge is 0.502 e. The number of hydrogen-bond donors (Lipinski definition) is 1. The molecule has 26 heavy (non-hydrogen) atoms. The molecular weight excluding hydrogens is 334 g/mol. The summed E-state index contributed by atoms with van der Waals surface area (Å²) >= 11 is 0. The quantitative estimate of drug-likeness (QED) is 0.374. The Hall–Kier alpha value is -1.60.